The molecule has 2 unspecified atom stereocenters. The lowest BCUT2D eigenvalue weighted by atomic mass is 10.1. The van der Waals surface area contributed by atoms with Crippen molar-refractivity contribution < 1.29 is 59.9 Å². The van der Waals surface area contributed by atoms with Crippen molar-refractivity contribution in [2.24, 2.45) is 5.11 Å². The first kappa shape index (κ1) is 48.4. The summed E-state index contributed by atoms with van der Waals surface area (Å²) in [5, 5.41) is 3.53. The van der Waals surface area contributed by atoms with Crippen LogP contribution in [0.3, 0.4) is 0 Å². The molecule has 4 aromatic rings. The number of nitrogens with one attached hydrogen (secondary N) is 1. The smallest absolute Gasteiger partial charge is 0.427 e. The summed E-state index contributed by atoms with van der Waals surface area (Å²) in [6.45, 7) is -5.87. The summed E-state index contributed by atoms with van der Waals surface area (Å²) in [6.07, 6.45) is -3.93. The number of aromatic amines is 1. The molecule has 3 aliphatic heterocycles. The largest absolute Gasteiger partial charge is 0.472 e. The second kappa shape index (κ2) is 21.8. The van der Waals surface area contributed by atoms with E-state index >= 15 is 8.78 Å². The highest BCUT2D eigenvalue weighted by molar-refractivity contribution is 8.54. The van der Waals surface area contributed by atoms with Gasteiger partial charge >= 0.3 is 26.3 Å². The normalized spacial score (nSPS) is 29.3. The van der Waals surface area contributed by atoms with Gasteiger partial charge in [0, 0.05) is 35.9 Å². The van der Waals surface area contributed by atoms with Crippen molar-refractivity contribution in [3.8, 4) is 5.75 Å². The maximum atomic E-state index is 16.4. The van der Waals surface area contributed by atoms with E-state index < -0.39 is 94.3 Å². The van der Waals surface area contributed by atoms with Crippen LogP contribution in [0.15, 0.2) is 63.9 Å². The summed E-state index contributed by atoms with van der Waals surface area (Å²) in [7, 11) is -5.23. The highest BCUT2D eigenvalue weighted by Gasteiger charge is 2.55. The average molecular weight is 971 g/mol. The number of rotatable bonds is 17. The van der Waals surface area contributed by atoms with Crippen LogP contribution in [-0.4, -0.2) is 96.5 Å². The third-order valence-corrected chi connectivity index (χ3v) is 15.3. The quantitative estimate of drug-likeness (QED) is 0.0204. The predicted molar refractivity (Wildman–Crippen MR) is 227 cm³/mol. The van der Waals surface area contributed by atoms with E-state index in [1.165, 1.54) is 18.5 Å². The van der Waals surface area contributed by atoms with Crippen LogP contribution in [0.5, 0.6) is 5.75 Å². The lowest BCUT2D eigenvalue weighted by molar-refractivity contribution is -0.134. The molecule has 0 amide bonds. The van der Waals surface area contributed by atoms with Gasteiger partial charge in [-0.2, -0.15) is 0 Å². The van der Waals surface area contributed by atoms with Gasteiger partial charge in [0.1, 0.15) is 42.0 Å². The summed E-state index contributed by atoms with van der Waals surface area (Å²) in [5.74, 6) is -0.247. The number of nitrogens with two attached hydrogens (primary N) is 1. The molecule has 0 aliphatic carbocycles. The molecule has 10 atom stereocenters. The average Bonchev–Trinajstić information content (AvgIpc) is 3.93. The Bertz CT molecular complexity index is 2550. The third-order valence-electron chi connectivity index (χ3n) is 10.6. The first-order valence-corrected chi connectivity index (χ1v) is 25.2. The van der Waals surface area contributed by atoms with Crippen LogP contribution in [0.2, 0.25) is 0 Å². The van der Waals surface area contributed by atoms with Crippen molar-refractivity contribution in [2.75, 3.05) is 25.5 Å². The minimum Gasteiger partial charge on any atom is -0.427 e. The Morgan fingerprint density at radius 2 is 1.57 bits per heavy atom. The van der Waals surface area contributed by atoms with E-state index in [1.54, 1.807) is 12.1 Å². The lowest BCUT2D eigenvalue weighted by Gasteiger charge is -2.29. The van der Waals surface area contributed by atoms with Crippen molar-refractivity contribution in [3.63, 3.8) is 0 Å². The number of aromatic nitrogens is 6. The van der Waals surface area contributed by atoms with Crippen molar-refractivity contribution >= 4 is 49.0 Å². The number of ether oxygens (including phenoxy) is 3. The number of hydrogen-bond donors (Lipinski definition) is 3. The number of unbranched alkanes of at least 4 members (excludes halogenated alkanes) is 7. The predicted octanol–water partition coefficient (Wildman–Crippen LogP) is 6.12. The second-order valence-electron chi connectivity index (χ2n) is 15.2. The van der Waals surface area contributed by atoms with Crippen molar-refractivity contribution in [2.45, 2.75) is 113 Å². The number of H-pyrrole nitrogens is 1. The molecule has 3 aromatic heterocycles. The van der Waals surface area contributed by atoms with Crippen molar-refractivity contribution in [3.05, 3.63) is 86.0 Å². The molecule has 7 rings (SSSR count). The van der Waals surface area contributed by atoms with E-state index in [4.69, 9.17) is 43.6 Å². The zero-order valence-electron chi connectivity index (χ0n) is 34.5. The van der Waals surface area contributed by atoms with Crippen LogP contribution in [0, 0.1) is 0 Å². The van der Waals surface area contributed by atoms with E-state index in [2.05, 4.69) is 25.0 Å². The number of hydrogen-bond acceptors (Lipinski definition) is 18. The monoisotopic (exact) mass is 970 g/mol. The summed E-state index contributed by atoms with van der Waals surface area (Å²) in [5.41, 5.74) is 13.1. The van der Waals surface area contributed by atoms with Gasteiger partial charge in [-0.1, -0.05) is 55.8 Å². The highest BCUT2D eigenvalue weighted by Crippen LogP contribution is 2.65. The number of phosphoric acid groups is 1. The number of azide groups is 1. The van der Waals surface area contributed by atoms with E-state index in [0.717, 1.165) is 68.1 Å². The number of fused-ring (bicyclic) bond motifs is 3. The van der Waals surface area contributed by atoms with Crippen molar-refractivity contribution in [1.82, 2.24) is 29.1 Å². The number of imidazole rings is 1. The molecule has 6 heterocycles. The van der Waals surface area contributed by atoms with Crippen LogP contribution in [0.1, 0.15) is 75.8 Å². The Hall–Kier alpha value is -4.58. The molecule has 0 bridgehead atoms. The molecule has 0 saturated carbocycles. The highest BCUT2D eigenvalue weighted by atomic mass is 32.7. The van der Waals surface area contributed by atoms with E-state index in [1.807, 2.05) is 4.98 Å². The summed E-state index contributed by atoms with van der Waals surface area (Å²) >= 11 is 0.605. The molecule has 1 aromatic carbocycles. The maximum Gasteiger partial charge on any atom is 0.472 e. The van der Waals surface area contributed by atoms with Crippen LogP contribution < -0.4 is 21.7 Å². The van der Waals surface area contributed by atoms with Gasteiger partial charge in [-0.3, -0.25) is 41.8 Å². The molecule has 0 spiro atoms. The number of esters is 1. The van der Waals surface area contributed by atoms with Gasteiger partial charge in [-0.15, -0.1) is 0 Å². The van der Waals surface area contributed by atoms with Crippen LogP contribution in [-0.2, 0) is 47.2 Å². The summed E-state index contributed by atoms with van der Waals surface area (Å²) in [4.78, 5) is 64.5. The van der Waals surface area contributed by atoms with E-state index in [-0.39, 0.29) is 34.9 Å². The summed E-state index contributed by atoms with van der Waals surface area (Å²) < 4.78 is 102. The standard InChI is InChI=1S/C37H46F2N10O13P2S/c38-28-31-25(60-36(28)49-21-44-30-33(40)42-20-43-34(30)49)18-57-64(55,62-32-24(17-56-63(53,54)61-31)59-35(29(32)39)48-16-14-26(50)46-37(48)52)65-19-22-10-12-23(13-11-22)58-27(51)9-7-5-3-1-2-4-6-8-15-45-47-41/h10-14,16,20-21,24-25,28-29,31-32,35-36H,1-9,15,17-19H2,(H,53,54)(H2,40,42,43)(H,46,50,52)/t24-,25-,28-,29-,31-,32-,35-,36-,64?/m1/s1. The molecule has 4 N–H and O–H groups in total. The number of benzene rings is 1. The third kappa shape index (κ3) is 12.3. The van der Waals surface area contributed by atoms with Gasteiger partial charge < -0.3 is 24.8 Å². The first-order chi connectivity index (χ1) is 31.2. The first-order valence-electron chi connectivity index (χ1n) is 20.6. The number of carbonyl (C=O) groups excluding carboxylic acids is 1. The number of alkyl halides is 2. The molecule has 3 fully saturated rings. The molecular weight excluding hydrogens is 924 g/mol. The molecule has 28 heteroatoms. The number of halogens is 2. The zero-order chi connectivity index (χ0) is 46.1. The van der Waals surface area contributed by atoms with Gasteiger partial charge in [0.2, 0.25) is 0 Å². The molecule has 0 radical (unpaired) electrons. The number of anilines is 1. The topological polar surface area (TPSA) is 309 Å². The fraction of sp³-hybridized carbons (Fsp3) is 0.568. The Balaban J connectivity index is 1.04. The van der Waals surface area contributed by atoms with Gasteiger partial charge in [-0.05, 0) is 47.5 Å². The van der Waals surface area contributed by atoms with Gasteiger partial charge in [0.05, 0.1) is 19.5 Å². The molecule has 23 nitrogen and oxygen atoms in total. The minimum absolute atomic E-state index is 0.0135. The zero-order valence-corrected chi connectivity index (χ0v) is 37.1. The SMILES string of the molecule is [N-]=[N+]=NCCCCCCCCCCC(=O)Oc1ccc(CSP2(=O)OC[C@H]3O[C@@H](n4cnc5c(N)ncnc54)[C@H](F)[C@@H]3OP(=O)(O)OC[C@H]3O[C@@H](n4ccc(=O)[nH]c4=O)[C@H](F)[C@@H]3O2)cc1. The number of phosphoric ester groups is 1. The number of carbonyl (C=O) groups is 1. The Labute approximate surface area is 372 Å². The van der Waals surface area contributed by atoms with E-state index in [9.17, 15) is 28.4 Å². The minimum atomic E-state index is -5.23. The number of nitrogens with zero attached hydrogens (tertiary/aromatic N) is 8. The van der Waals surface area contributed by atoms with Crippen LogP contribution in [0.25, 0.3) is 21.6 Å². The fourth-order valence-corrected chi connectivity index (χ4v) is 11.7. The maximum absolute atomic E-state index is 16.4. The Kier molecular flexibility index (Phi) is 16.2. The molecule has 3 aliphatic rings. The van der Waals surface area contributed by atoms with Gasteiger partial charge in [0.25, 0.3) is 5.56 Å². The molecule has 3 saturated heterocycles. The van der Waals surface area contributed by atoms with Gasteiger partial charge in [0.15, 0.2) is 36.3 Å². The number of nitrogen functional groups attached to an aromatic ring is 1. The van der Waals surface area contributed by atoms with E-state index in [0.29, 0.717) is 34.5 Å². The fourth-order valence-electron chi connectivity index (χ4n) is 7.35. The Morgan fingerprint density at radius 1 is 0.923 bits per heavy atom. The van der Waals surface area contributed by atoms with Gasteiger partial charge in [-0.25, -0.2) is 37.7 Å². The molecular formula is C37H46F2N10O13P2S. The molecule has 352 valence electrons. The van der Waals surface area contributed by atoms with Crippen LogP contribution >= 0.6 is 26.0 Å². The summed E-state index contributed by atoms with van der Waals surface area (Å²) in [6, 6.07) is 7.22. The second-order valence-corrected chi connectivity index (χ2v) is 20.6. The van der Waals surface area contributed by atoms with Crippen LogP contribution in [0.4, 0.5) is 14.6 Å². The molecule has 65 heavy (non-hydrogen) atoms. The van der Waals surface area contributed by atoms with Crippen molar-refractivity contribution in [1.29, 1.82) is 0 Å². The lowest BCUT2D eigenvalue weighted by Crippen LogP contribution is -2.38. The Morgan fingerprint density at radius 3 is 2.26 bits per heavy atom.